The predicted molar refractivity (Wildman–Crippen MR) is 147 cm³/mol. The van der Waals surface area contributed by atoms with Crippen LogP contribution in [0.25, 0.3) is 6.08 Å². The number of anilines is 1. The fourth-order valence-corrected chi connectivity index (χ4v) is 4.02. The van der Waals surface area contributed by atoms with Gasteiger partial charge < -0.3 is 9.47 Å². The number of carbonyl (C=O) groups is 2. The summed E-state index contributed by atoms with van der Waals surface area (Å²) in [5.41, 5.74) is 1.12. The Labute approximate surface area is 223 Å². The number of thiocarbonyl (C=S) groups is 1. The van der Waals surface area contributed by atoms with Crippen molar-refractivity contribution in [3.63, 3.8) is 0 Å². The zero-order chi connectivity index (χ0) is 25.8. The van der Waals surface area contributed by atoms with E-state index < -0.39 is 11.8 Å². The summed E-state index contributed by atoms with van der Waals surface area (Å²) in [6, 6.07) is 30.3. The van der Waals surface area contributed by atoms with Gasteiger partial charge in [-0.05, 0) is 96.7 Å². The number of ether oxygens (including phenoxy) is 2. The molecule has 2 amide bonds. The minimum Gasteiger partial charge on any atom is -0.457 e. The second kappa shape index (κ2) is 10.7. The number of amides is 2. The van der Waals surface area contributed by atoms with E-state index in [9.17, 15) is 9.59 Å². The van der Waals surface area contributed by atoms with Crippen LogP contribution in [0.2, 0.25) is 5.02 Å². The summed E-state index contributed by atoms with van der Waals surface area (Å²) < 4.78 is 11.6. The van der Waals surface area contributed by atoms with Crippen LogP contribution in [0.4, 0.5) is 5.69 Å². The third-order valence-corrected chi connectivity index (χ3v) is 5.95. The summed E-state index contributed by atoms with van der Waals surface area (Å²) in [5.74, 6) is 1.46. The highest BCUT2D eigenvalue weighted by molar-refractivity contribution is 7.80. The monoisotopic (exact) mass is 526 g/mol. The molecule has 0 aromatic heterocycles. The summed E-state index contributed by atoms with van der Waals surface area (Å²) in [5, 5.41) is 3.22. The first-order valence-corrected chi connectivity index (χ1v) is 12.0. The van der Waals surface area contributed by atoms with Crippen molar-refractivity contribution in [1.29, 1.82) is 0 Å². The minimum absolute atomic E-state index is 0.00981. The molecule has 1 saturated heterocycles. The maximum absolute atomic E-state index is 13.3. The van der Waals surface area contributed by atoms with Crippen LogP contribution in [-0.2, 0) is 9.59 Å². The molecule has 5 rings (SSSR count). The predicted octanol–water partition coefficient (Wildman–Crippen LogP) is 6.76. The summed E-state index contributed by atoms with van der Waals surface area (Å²) in [6.07, 6.45) is 1.52. The lowest BCUT2D eigenvalue weighted by Gasteiger charge is -2.29. The van der Waals surface area contributed by atoms with E-state index in [-0.39, 0.29) is 10.7 Å². The quantitative estimate of drug-likeness (QED) is 0.171. The Morgan fingerprint density at radius 2 is 1.22 bits per heavy atom. The van der Waals surface area contributed by atoms with E-state index in [1.807, 2.05) is 30.3 Å². The normalized spacial score (nSPS) is 14.5. The molecule has 4 aromatic carbocycles. The standard InChI is InChI=1S/C29H19ClN2O4S/c30-20-8-14-24(15-9-20)36-23-12-6-19(7-13-23)18-26-27(33)31-29(37)32(28(26)34)21-10-16-25(17-11-21)35-22-4-2-1-3-5-22/h1-18H,(H,31,33,37)/b26-18+. The summed E-state index contributed by atoms with van der Waals surface area (Å²) >= 11 is 11.2. The van der Waals surface area contributed by atoms with E-state index in [0.717, 1.165) is 0 Å². The smallest absolute Gasteiger partial charge is 0.270 e. The third kappa shape index (κ3) is 5.69. The van der Waals surface area contributed by atoms with Gasteiger partial charge in [0.05, 0.1) is 5.69 Å². The summed E-state index contributed by atoms with van der Waals surface area (Å²) in [6.45, 7) is 0. The van der Waals surface area contributed by atoms with E-state index in [1.165, 1.54) is 11.0 Å². The largest absolute Gasteiger partial charge is 0.457 e. The Morgan fingerprint density at radius 3 is 1.81 bits per heavy atom. The van der Waals surface area contributed by atoms with Crippen molar-refractivity contribution in [2.24, 2.45) is 0 Å². The molecule has 0 bridgehead atoms. The molecule has 1 fully saturated rings. The fraction of sp³-hybridized carbons (Fsp3) is 0. The van der Waals surface area contributed by atoms with Gasteiger partial charge in [0.15, 0.2) is 5.11 Å². The Kier molecular flexibility index (Phi) is 6.98. The van der Waals surface area contributed by atoms with Gasteiger partial charge in [-0.1, -0.05) is 41.9 Å². The van der Waals surface area contributed by atoms with Crippen LogP contribution in [0.3, 0.4) is 0 Å². The zero-order valence-corrected chi connectivity index (χ0v) is 20.8. The molecule has 4 aromatic rings. The summed E-state index contributed by atoms with van der Waals surface area (Å²) in [4.78, 5) is 27.2. The molecule has 1 aliphatic rings. The van der Waals surface area contributed by atoms with Gasteiger partial charge in [-0.2, -0.15) is 0 Å². The molecule has 8 heteroatoms. The SMILES string of the molecule is O=C1NC(=S)N(c2ccc(Oc3ccccc3)cc2)C(=O)/C1=C/c1ccc(Oc2ccc(Cl)cc2)cc1. The molecule has 37 heavy (non-hydrogen) atoms. The highest BCUT2D eigenvalue weighted by Gasteiger charge is 2.34. The van der Waals surface area contributed by atoms with Crippen LogP contribution in [-0.4, -0.2) is 16.9 Å². The minimum atomic E-state index is -0.559. The van der Waals surface area contributed by atoms with Crippen LogP contribution >= 0.6 is 23.8 Å². The molecule has 1 N–H and O–H groups in total. The Balaban J connectivity index is 1.33. The molecule has 0 unspecified atom stereocenters. The number of carbonyl (C=O) groups excluding carboxylic acids is 2. The topological polar surface area (TPSA) is 67.9 Å². The highest BCUT2D eigenvalue weighted by Crippen LogP contribution is 2.28. The molecular weight excluding hydrogens is 508 g/mol. The average Bonchev–Trinajstić information content (AvgIpc) is 2.90. The van der Waals surface area contributed by atoms with E-state index in [0.29, 0.717) is 39.3 Å². The molecule has 0 saturated carbocycles. The lowest BCUT2D eigenvalue weighted by atomic mass is 10.1. The second-order valence-electron chi connectivity index (χ2n) is 7.99. The zero-order valence-electron chi connectivity index (χ0n) is 19.3. The molecule has 182 valence electrons. The number of para-hydroxylation sites is 1. The van der Waals surface area contributed by atoms with Crippen molar-refractivity contribution >= 4 is 52.5 Å². The molecule has 0 aliphatic carbocycles. The number of benzene rings is 4. The first-order valence-electron chi connectivity index (χ1n) is 11.2. The summed E-state index contributed by atoms with van der Waals surface area (Å²) in [7, 11) is 0. The van der Waals surface area contributed by atoms with Crippen molar-refractivity contribution in [2.45, 2.75) is 0 Å². The van der Waals surface area contributed by atoms with Crippen LogP contribution in [0.1, 0.15) is 5.56 Å². The van der Waals surface area contributed by atoms with E-state index >= 15 is 0 Å². The van der Waals surface area contributed by atoms with Crippen LogP contribution in [0, 0.1) is 0 Å². The van der Waals surface area contributed by atoms with E-state index in [1.54, 1.807) is 72.8 Å². The first-order chi connectivity index (χ1) is 18.0. The number of hydrogen-bond acceptors (Lipinski definition) is 5. The number of hydrogen-bond donors (Lipinski definition) is 1. The Morgan fingerprint density at radius 1 is 0.703 bits per heavy atom. The second-order valence-corrected chi connectivity index (χ2v) is 8.82. The molecule has 6 nitrogen and oxygen atoms in total. The van der Waals surface area contributed by atoms with Gasteiger partial charge in [0.2, 0.25) is 0 Å². The van der Waals surface area contributed by atoms with Gasteiger partial charge in [0, 0.05) is 5.02 Å². The van der Waals surface area contributed by atoms with Crippen LogP contribution in [0.15, 0.2) is 109 Å². The molecule has 0 atom stereocenters. The van der Waals surface area contributed by atoms with Gasteiger partial charge in [0.1, 0.15) is 28.6 Å². The molecule has 1 heterocycles. The third-order valence-electron chi connectivity index (χ3n) is 5.42. The number of nitrogens with zero attached hydrogens (tertiary/aromatic N) is 1. The number of rotatable bonds is 6. The molecule has 1 aliphatic heterocycles. The van der Waals surface area contributed by atoms with Gasteiger partial charge in [-0.15, -0.1) is 0 Å². The van der Waals surface area contributed by atoms with Crippen LogP contribution in [0.5, 0.6) is 23.0 Å². The molecular formula is C29H19ClN2O4S. The van der Waals surface area contributed by atoms with Crippen LogP contribution < -0.4 is 19.7 Å². The Hall–Kier alpha value is -4.46. The first kappa shape index (κ1) is 24.2. The van der Waals surface area contributed by atoms with Crippen molar-refractivity contribution in [2.75, 3.05) is 4.90 Å². The van der Waals surface area contributed by atoms with Gasteiger partial charge in [-0.3, -0.25) is 19.8 Å². The van der Waals surface area contributed by atoms with Crippen molar-refractivity contribution in [1.82, 2.24) is 5.32 Å². The fourth-order valence-electron chi connectivity index (χ4n) is 3.62. The van der Waals surface area contributed by atoms with E-state index in [4.69, 9.17) is 33.3 Å². The number of nitrogens with one attached hydrogen (secondary N) is 1. The molecule has 0 spiro atoms. The maximum atomic E-state index is 13.3. The molecule has 0 radical (unpaired) electrons. The number of halogens is 1. The van der Waals surface area contributed by atoms with Crippen molar-refractivity contribution in [3.05, 3.63) is 119 Å². The van der Waals surface area contributed by atoms with Crippen molar-refractivity contribution < 1.29 is 19.1 Å². The van der Waals surface area contributed by atoms with Crippen molar-refractivity contribution in [3.8, 4) is 23.0 Å². The average molecular weight is 527 g/mol. The van der Waals surface area contributed by atoms with Gasteiger partial charge in [-0.25, -0.2) is 0 Å². The Bertz CT molecular complexity index is 1490. The maximum Gasteiger partial charge on any atom is 0.270 e. The van der Waals surface area contributed by atoms with E-state index in [2.05, 4.69) is 5.32 Å². The lowest BCUT2D eigenvalue weighted by Crippen LogP contribution is -2.54. The lowest BCUT2D eigenvalue weighted by molar-refractivity contribution is -0.122. The highest BCUT2D eigenvalue weighted by atomic mass is 35.5. The van der Waals surface area contributed by atoms with Gasteiger partial charge >= 0.3 is 0 Å². The van der Waals surface area contributed by atoms with Gasteiger partial charge in [0.25, 0.3) is 11.8 Å².